The lowest BCUT2D eigenvalue weighted by Gasteiger charge is -1.97. The Labute approximate surface area is 111 Å². The van der Waals surface area contributed by atoms with Gasteiger partial charge in [-0.05, 0) is 50.1 Å². The molecule has 0 radical (unpaired) electrons. The maximum Gasteiger partial charge on any atom is 0.224 e. The highest BCUT2D eigenvalue weighted by Gasteiger charge is 2.08. The summed E-state index contributed by atoms with van der Waals surface area (Å²) < 4.78 is 2.20. The Kier molecular flexibility index (Phi) is 3.19. The van der Waals surface area contributed by atoms with Crippen molar-refractivity contribution in [2.45, 2.75) is 0 Å². The number of aromatic nitrogens is 3. The van der Waals surface area contributed by atoms with Crippen molar-refractivity contribution in [2.75, 3.05) is 5.73 Å². The molecule has 2 aromatic rings. The third kappa shape index (κ3) is 2.44. The average Bonchev–Trinajstić information content (AvgIpc) is 2.45. The zero-order chi connectivity index (χ0) is 11.0. The maximum atomic E-state index is 5.55. The number of hydrogen-bond acceptors (Lipinski definition) is 5. The molecule has 0 aliphatic carbocycles. The average molecular weight is 368 g/mol. The van der Waals surface area contributed by atoms with Gasteiger partial charge in [0.1, 0.15) is 0 Å². The van der Waals surface area contributed by atoms with Crippen LogP contribution in [0.4, 0.5) is 5.95 Å². The number of H-pyrrole nitrogens is 1. The van der Waals surface area contributed by atoms with E-state index in [0.29, 0.717) is 5.82 Å². The van der Waals surface area contributed by atoms with Crippen molar-refractivity contribution >= 4 is 61.4 Å². The van der Waals surface area contributed by atoms with Gasteiger partial charge in [0.2, 0.25) is 10.7 Å². The van der Waals surface area contributed by atoms with Gasteiger partial charge in [0.05, 0.1) is 8.66 Å². The predicted molar refractivity (Wildman–Crippen MR) is 70.3 cm³/mol. The minimum Gasteiger partial charge on any atom is -0.369 e. The Morgan fingerprint density at radius 2 is 2.13 bits per heavy atom. The first-order valence-corrected chi connectivity index (χ1v) is 6.56. The molecule has 0 aliphatic rings. The monoisotopic (exact) mass is 366 g/mol. The van der Waals surface area contributed by atoms with Gasteiger partial charge in [-0.2, -0.15) is 9.97 Å². The Balaban J connectivity index is 2.58. The summed E-state index contributed by atoms with van der Waals surface area (Å²) in [7, 11) is 0. The zero-order valence-electron chi connectivity index (χ0n) is 7.12. The van der Waals surface area contributed by atoms with E-state index in [9.17, 15) is 0 Å². The Morgan fingerprint density at radius 3 is 2.67 bits per heavy atom. The normalized spacial score (nSPS) is 10.5. The molecule has 2 heterocycles. The number of nitrogen functional groups attached to an aromatic ring is 1. The highest BCUT2D eigenvalue weighted by molar-refractivity contribution is 9.13. The van der Waals surface area contributed by atoms with E-state index >= 15 is 0 Å². The van der Waals surface area contributed by atoms with Crippen LogP contribution in [0.5, 0.6) is 0 Å². The summed E-state index contributed by atoms with van der Waals surface area (Å²) in [5, 5.41) is 0. The van der Waals surface area contributed by atoms with Crippen LogP contribution in [0.1, 0.15) is 0 Å². The van der Waals surface area contributed by atoms with Gasteiger partial charge in [-0.1, -0.05) is 0 Å². The van der Waals surface area contributed by atoms with Crippen LogP contribution in [-0.2, 0) is 0 Å². The summed E-state index contributed by atoms with van der Waals surface area (Å²) in [5.74, 6) is 0.898. The first-order valence-electron chi connectivity index (χ1n) is 3.75. The highest BCUT2D eigenvalue weighted by atomic mass is 79.9. The maximum absolute atomic E-state index is 5.55. The van der Waals surface area contributed by atoms with Gasteiger partial charge in [-0.15, -0.1) is 11.3 Å². The number of halogens is 2. The zero-order valence-corrected chi connectivity index (χ0v) is 11.9. The fraction of sp³-hybridized carbons (Fsp3) is 0. The van der Waals surface area contributed by atoms with E-state index in [1.165, 1.54) is 11.3 Å². The molecule has 78 valence electrons. The van der Waals surface area contributed by atoms with E-state index in [2.05, 4.69) is 46.8 Å². The van der Waals surface area contributed by atoms with Crippen LogP contribution in [0.15, 0.2) is 14.3 Å². The number of nitrogens with one attached hydrogen (secondary N) is 1. The first kappa shape index (κ1) is 11.2. The fourth-order valence-electron chi connectivity index (χ4n) is 0.981. The number of nitrogens with two attached hydrogens (primary N) is 1. The van der Waals surface area contributed by atoms with Crippen molar-refractivity contribution in [2.24, 2.45) is 0 Å². The Hall–Kier alpha value is -0.310. The molecule has 8 heteroatoms. The molecule has 0 saturated heterocycles. The van der Waals surface area contributed by atoms with Gasteiger partial charge >= 0.3 is 0 Å². The second kappa shape index (κ2) is 4.28. The molecule has 0 spiro atoms. The number of nitrogens with zero attached hydrogens (tertiary/aromatic N) is 2. The molecule has 2 aromatic heterocycles. The van der Waals surface area contributed by atoms with Crippen LogP contribution in [0.3, 0.4) is 0 Å². The standard InChI is InChI=1S/C7H4Br2N4S2/c8-2-1-3(15-4(2)9)5-11-6(10)13-7(14)12-5/h1H,(H3,10,11,12,13,14). The lowest BCUT2D eigenvalue weighted by Crippen LogP contribution is -1.98. The van der Waals surface area contributed by atoms with Gasteiger partial charge in [-0.3, -0.25) is 0 Å². The quantitative estimate of drug-likeness (QED) is 0.758. The summed E-state index contributed by atoms with van der Waals surface area (Å²) in [6.45, 7) is 0. The third-order valence-corrected chi connectivity index (χ3v) is 4.99. The Morgan fingerprint density at radius 1 is 1.40 bits per heavy atom. The third-order valence-electron chi connectivity index (χ3n) is 1.55. The Bertz CT molecular complexity index is 543. The molecule has 0 fully saturated rings. The summed E-state index contributed by atoms with van der Waals surface area (Å²) in [4.78, 5) is 11.7. The largest absolute Gasteiger partial charge is 0.369 e. The van der Waals surface area contributed by atoms with Crippen molar-refractivity contribution in [3.05, 3.63) is 19.1 Å². The van der Waals surface area contributed by atoms with E-state index in [-0.39, 0.29) is 10.7 Å². The second-order valence-corrected chi connectivity index (χ2v) is 6.19. The summed E-state index contributed by atoms with van der Waals surface area (Å²) in [5.41, 5.74) is 5.55. The van der Waals surface area contributed by atoms with Crippen LogP contribution >= 0.6 is 55.4 Å². The van der Waals surface area contributed by atoms with Crippen molar-refractivity contribution in [1.82, 2.24) is 15.0 Å². The van der Waals surface area contributed by atoms with Crippen LogP contribution in [0.25, 0.3) is 10.7 Å². The van der Waals surface area contributed by atoms with E-state index < -0.39 is 0 Å². The van der Waals surface area contributed by atoms with Crippen molar-refractivity contribution in [3.63, 3.8) is 0 Å². The molecular formula is C7H4Br2N4S2. The number of thiophene rings is 1. The number of anilines is 1. The minimum absolute atomic E-state index is 0.238. The molecule has 0 bridgehead atoms. The molecule has 0 atom stereocenters. The van der Waals surface area contributed by atoms with Gasteiger partial charge < -0.3 is 10.7 Å². The molecular weight excluding hydrogens is 364 g/mol. The van der Waals surface area contributed by atoms with E-state index in [0.717, 1.165) is 13.1 Å². The van der Waals surface area contributed by atoms with Crippen molar-refractivity contribution in [1.29, 1.82) is 0 Å². The second-order valence-electron chi connectivity index (χ2n) is 2.60. The summed E-state index contributed by atoms with van der Waals surface area (Å²) >= 11 is 13.2. The molecule has 0 saturated carbocycles. The molecule has 0 aliphatic heterocycles. The molecule has 0 amide bonds. The summed E-state index contributed by atoms with van der Waals surface area (Å²) in [6, 6.07) is 1.93. The molecule has 0 aromatic carbocycles. The van der Waals surface area contributed by atoms with Gasteiger partial charge in [0.15, 0.2) is 5.82 Å². The molecule has 4 nitrogen and oxygen atoms in total. The van der Waals surface area contributed by atoms with Crippen molar-refractivity contribution < 1.29 is 0 Å². The lowest BCUT2D eigenvalue weighted by molar-refractivity contribution is 1.05. The smallest absolute Gasteiger partial charge is 0.224 e. The van der Waals surface area contributed by atoms with E-state index in [4.69, 9.17) is 18.0 Å². The fourth-order valence-corrected chi connectivity index (χ4v) is 3.15. The first-order chi connectivity index (χ1) is 7.06. The molecule has 0 unspecified atom stereocenters. The summed E-state index contributed by atoms with van der Waals surface area (Å²) in [6.07, 6.45) is 0. The van der Waals surface area contributed by atoms with Gasteiger partial charge in [0.25, 0.3) is 0 Å². The van der Waals surface area contributed by atoms with Crippen LogP contribution < -0.4 is 5.73 Å². The topological polar surface area (TPSA) is 67.6 Å². The SMILES string of the molecule is Nc1nc(=S)nc(-c2cc(Br)c(Br)s2)[nH]1. The predicted octanol–water partition coefficient (Wildman–Crippen LogP) is 3.37. The van der Waals surface area contributed by atoms with Crippen molar-refractivity contribution in [3.8, 4) is 10.7 Å². The number of rotatable bonds is 1. The van der Waals surface area contributed by atoms with E-state index in [1.54, 1.807) is 0 Å². The van der Waals surface area contributed by atoms with Gasteiger partial charge in [-0.25, -0.2) is 0 Å². The minimum atomic E-state index is 0.238. The van der Waals surface area contributed by atoms with Gasteiger partial charge in [0, 0.05) is 4.47 Å². The highest BCUT2D eigenvalue weighted by Crippen LogP contribution is 2.36. The molecule has 15 heavy (non-hydrogen) atoms. The van der Waals surface area contributed by atoms with Crippen LogP contribution in [-0.4, -0.2) is 15.0 Å². The molecule has 2 rings (SSSR count). The van der Waals surface area contributed by atoms with Crippen LogP contribution in [0.2, 0.25) is 0 Å². The number of aromatic amines is 1. The van der Waals surface area contributed by atoms with Crippen LogP contribution in [0, 0.1) is 4.77 Å². The number of hydrogen-bond donors (Lipinski definition) is 2. The molecule has 3 N–H and O–H groups in total. The lowest BCUT2D eigenvalue weighted by atomic mass is 10.4. The van der Waals surface area contributed by atoms with E-state index in [1.807, 2.05) is 6.07 Å².